The molecule has 5 nitrogen and oxygen atoms in total. The number of hydrogen-bond donors (Lipinski definition) is 1. The topological polar surface area (TPSA) is 64.2 Å². The summed E-state index contributed by atoms with van der Waals surface area (Å²) in [6.07, 6.45) is 1.65. The van der Waals surface area contributed by atoms with E-state index in [4.69, 9.17) is 9.47 Å². The number of nitrogens with one attached hydrogen (secondary N) is 1. The van der Waals surface area contributed by atoms with Crippen LogP contribution >= 0.6 is 0 Å². The molecule has 0 radical (unpaired) electrons. The Morgan fingerprint density at radius 2 is 2.05 bits per heavy atom. The van der Waals surface area contributed by atoms with Gasteiger partial charge in [0.05, 0.1) is 25.4 Å². The van der Waals surface area contributed by atoms with E-state index in [2.05, 4.69) is 9.97 Å². The molecule has 2 aromatic heterocycles. The van der Waals surface area contributed by atoms with Crippen molar-refractivity contribution in [1.29, 1.82) is 0 Å². The van der Waals surface area contributed by atoms with E-state index >= 15 is 0 Å². The minimum Gasteiger partial charge on any atom is -0.497 e. The summed E-state index contributed by atoms with van der Waals surface area (Å²) in [6, 6.07) is 7.50. The highest BCUT2D eigenvalue weighted by Gasteiger charge is 2.12. The number of hydrogen-bond acceptors (Lipinski definition) is 4. The highest BCUT2D eigenvalue weighted by molar-refractivity contribution is 6.09. The van der Waals surface area contributed by atoms with Crippen molar-refractivity contribution in [3.63, 3.8) is 0 Å². The lowest BCUT2D eigenvalue weighted by atomic mass is 10.1. The fraction of sp³-hybridized carbons (Fsp3) is 0.200. The molecule has 0 saturated carbocycles. The van der Waals surface area contributed by atoms with Crippen LogP contribution < -0.4 is 4.74 Å². The Hall–Kier alpha value is -2.56. The second-order valence-electron chi connectivity index (χ2n) is 4.37. The molecule has 0 spiro atoms. The third-order valence-electron chi connectivity index (χ3n) is 3.17. The van der Waals surface area contributed by atoms with Gasteiger partial charge in [0.1, 0.15) is 11.4 Å². The number of aromatic nitrogens is 2. The van der Waals surface area contributed by atoms with Crippen LogP contribution in [0.2, 0.25) is 0 Å². The molecular weight excluding hydrogens is 256 g/mol. The van der Waals surface area contributed by atoms with E-state index in [1.165, 1.54) is 0 Å². The molecule has 0 saturated heterocycles. The molecule has 0 bridgehead atoms. The fourth-order valence-corrected chi connectivity index (χ4v) is 2.22. The van der Waals surface area contributed by atoms with E-state index in [0.29, 0.717) is 12.3 Å². The Morgan fingerprint density at radius 1 is 1.25 bits per heavy atom. The Labute approximate surface area is 115 Å². The molecule has 0 aliphatic heterocycles. The zero-order valence-electron chi connectivity index (χ0n) is 11.3. The predicted molar refractivity (Wildman–Crippen MR) is 76.1 cm³/mol. The first kappa shape index (κ1) is 12.5. The Kier molecular flexibility index (Phi) is 3.02. The number of rotatable bonds is 3. The quantitative estimate of drug-likeness (QED) is 0.743. The molecule has 1 aromatic carbocycles. The van der Waals surface area contributed by atoms with Crippen molar-refractivity contribution < 1.29 is 14.3 Å². The van der Waals surface area contributed by atoms with Crippen LogP contribution in [0.1, 0.15) is 17.4 Å². The second kappa shape index (κ2) is 4.85. The number of fused-ring (bicyclic) bond motifs is 3. The Morgan fingerprint density at radius 3 is 2.80 bits per heavy atom. The number of carbonyl (C=O) groups is 1. The molecule has 5 heteroatoms. The molecule has 0 atom stereocenters. The first-order valence-electron chi connectivity index (χ1n) is 6.35. The van der Waals surface area contributed by atoms with Crippen LogP contribution in [0.25, 0.3) is 21.8 Å². The maximum Gasteiger partial charge on any atom is 0.356 e. The van der Waals surface area contributed by atoms with Gasteiger partial charge in [0.25, 0.3) is 0 Å². The Balaban J connectivity index is 2.20. The number of pyridine rings is 1. The summed E-state index contributed by atoms with van der Waals surface area (Å²) in [4.78, 5) is 19.1. The minimum atomic E-state index is -0.411. The van der Waals surface area contributed by atoms with Gasteiger partial charge in [-0.15, -0.1) is 0 Å². The smallest absolute Gasteiger partial charge is 0.356 e. The largest absolute Gasteiger partial charge is 0.497 e. The van der Waals surface area contributed by atoms with Crippen molar-refractivity contribution in [1.82, 2.24) is 9.97 Å². The van der Waals surface area contributed by atoms with Crippen molar-refractivity contribution in [2.75, 3.05) is 13.7 Å². The zero-order chi connectivity index (χ0) is 14.1. The molecule has 3 rings (SSSR count). The summed E-state index contributed by atoms with van der Waals surface area (Å²) in [7, 11) is 1.63. The van der Waals surface area contributed by atoms with Gasteiger partial charge in [-0.1, -0.05) is 0 Å². The number of esters is 1. The van der Waals surface area contributed by atoms with Crippen LogP contribution in [0.4, 0.5) is 0 Å². The van der Waals surface area contributed by atoms with E-state index in [-0.39, 0.29) is 0 Å². The van der Waals surface area contributed by atoms with Gasteiger partial charge in [0.2, 0.25) is 0 Å². The van der Waals surface area contributed by atoms with Crippen molar-refractivity contribution in [3.05, 3.63) is 36.2 Å². The number of methoxy groups -OCH3 is 1. The first-order valence-corrected chi connectivity index (χ1v) is 6.35. The monoisotopic (exact) mass is 270 g/mol. The van der Waals surface area contributed by atoms with Gasteiger partial charge in [-0.05, 0) is 31.2 Å². The van der Waals surface area contributed by atoms with E-state index in [1.54, 1.807) is 26.3 Å². The van der Waals surface area contributed by atoms with Gasteiger partial charge in [-0.2, -0.15) is 0 Å². The molecule has 3 aromatic rings. The highest BCUT2D eigenvalue weighted by atomic mass is 16.5. The number of carbonyl (C=O) groups excluding carboxylic acids is 1. The highest BCUT2D eigenvalue weighted by Crippen LogP contribution is 2.28. The van der Waals surface area contributed by atoms with Crippen LogP contribution in [-0.2, 0) is 4.74 Å². The molecule has 0 aliphatic carbocycles. The normalized spacial score (nSPS) is 10.9. The SMILES string of the molecule is CCOC(=O)c1cc2c(cn1)[nH]c1ccc(OC)cc12. The first-order chi connectivity index (χ1) is 9.72. The van der Waals surface area contributed by atoms with Crippen LogP contribution in [0.3, 0.4) is 0 Å². The lowest BCUT2D eigenvalue weighted by Crippen LogP contribution is -2.06. The molecule has 1 N–H and O–H groups in total. The van der Waals surface area contributed by atoms with Crippen LogP contribution in [0, 0.1) is 0 Å². The molecule has 0 amide bonds. The average Bonchev–Trinajstić information content (AvgIpc) is 2.84. The van der Waals surface area contributed by atoms with Gasteiger partial charge < -0.3 is 14.5 Å². The van der Waals surface area contributed by atoms with Gasteiger partial charge in [-0.3, -0.25) is 0 Å². The Bertz CT molecular complexity index is 792. The van der Waals surface area contributed by atoms with Crippen molar-refractivity contribution >= 4 is 27.8 Å². The maximum absolute atomic E-state index is 11.7. The number of nitrogens with zero attached hydrogens (tertiary/aromatic N) is 1. The molecule has 0 fully saturated rings. The lowest BCUT2D eigenvalue weighted by molar-refractivity contribution is 0.0520. The summed E-state index contributed by atoms with van der Waals surface area (Å²) < 4.78 is 10.2. The van der Waals surface area contributed by atoms with E-state index < -0.39 is 5.97 Å². The molecule has 0 aliphatic rings. The maximum atomic E-state index is 11.7. The molecule has 2 heterocycles. The summed E-state index contributed by atoms with van der Waals surface area (Å²) in [5, 5.41) is 1.92. The van der Waals surface area contributed by atoms with Crippen LogP contribution in [-0.4, -0.2) is 29.7 Å². The van der Waals surface area contributed by atoms with E-state index in [1.807, 2.05) is 18.2 Å². The van der Waals surface area contributed by atoms with E-state index in [0.717, 1.165) is 27.6 Å². The summed E-state index contributed by atoms with van der Waals surface area (Å²) in [6.45, 7) is 2.10. The standard InChI is InChI=1S/C15H14N2O3/c1-3-20-15(18)13-7-11-10-6-9(19-2)4-5-12(10)17-14(11)8-16-13/h4-8,17H,3H2,1-2H3. The predicted octanol–water partition coefficient (Wildman–Crippen LogP) is 2.90. The average molecular weight is 270 g/mol. The third-order valence-corrected chi connectivity index (χ3v) is 3.17. The molecule has 0 unspecified atom stereocenters. The fourth-order valence-electron chi connectivity index (χ4n) is 2.22. The molecular formula is C15H14N2O3. The molecule has 20 heavy (non-hydrogen) atoms. The van der Waals surface area contributed by atoms with Crippen molar-refractivity contribution in [3.8, 4) is 5.75 Å². The van der Waals surface area contributed by atoms with Gasteiger partial charge >= 0.3 is 5.97 Å². The van der Waals surface area contributed by atoms with E-state index in [9.17, 15) is 4.79 Å². The van der Waals surface area contributed by atoms with Gasteiger partial charge in [-0.25, -0.2) is 9.78 Å². The van der Waals surface area contributed by atoms with Gasteiger partial charge in [0, 0.05) is 16.3 Å². The third kappa shape index (κ3) is 1.97. The van der Waals surface area contributed by atoms with Crippen LogP contribution in [0.15, 0.2) is 30.5 Å². The minimum absolute atomic E-state index is 0.308. The summed E-state index contributed by atoms with van der Waals surface area (Å²) in [5.74, 6) is 0.361. The number of ether oxygens (including phenoxy) is 2. The lowest BCUT2D eigenvalue weighted by Gasteiger charge is -2.01. The number of benzene rings is 1. The summed E-state index contributed by atoms with van der Waals surface area (Å²) >= 11 is 0. The summed E-state index contributed by atoms with van der Waals surface area (Å²) in [5.41, 5.74) is 2.16. The second-order valence-corrected chi connectivity index (χ2v) is 4.37. The molecule has 102 valence electrons. The number of H-pyrrole nitrogens is 1. The van der Waals surface area contributed by atoms with Crippen molar-refractivity contribution in [2.45, 2.75) is 6.92 Å². The van der Waals surface area contributed by atoms with Crippen molar-refractivity contribution in [2.24, 2.45) is 0 Å². The van der Waals surface area contributed by atoms with Crippen LogP contribution in [0.5, 0.6) is 5.75 Å². The number of aromatic amines is 1. The zero-order valence-corrected chi connectivity index (χ0v) is 11.3. The van der Waals surface area contributed by atoms with Gasteiger partial charge in [0.15, 0.2) is 0 Å².